The average Bonchev–Trinajstić information content (AvgIpc) is 2.99. The second kappa shape index (κ2) is 7.25. The number of aryl methyl sites for hydroxylation is 1. The first kappa shape index (κ1) is 17.5. The Labute approximate surface area is 147 Å². The smallest absolute Gasteiger partial charge is 0.257 e. The number of nitrogens with one attached hydrogen (secondary N) is 2. The number of hydrogen-bond donors (Lipinski definition) is 2. The Balaban J connectivity index is 1.64. The van der Waals surface area contributed by atoms with Crippen LogP contribution < -0.4 is 5.32 Å². The number of anilines is 1. The Kier molecular flexibility index (Phi) is 5.06. The maximum absolute atomic E-state index is 13.8. The third-order valence-corrected chi connectivity index (χ3v) is 4.75. The van der Waals surface area contributed by atoms with Gasteiger partial charge in [0.1, 0.15) is 5.82 Å². The molecule has 3 rings (SSSR count). The van der Waals surface area contributed by atoms with Crippen molar-refractivity contribution >= 4 is 11.6 Å². The molecule has 134 valence electrons. The van der Waals surface area contributed by atoms with Crippen molar-refractivity contribution in [2.45, 2.75) is 45.6 Å². The number of H-pyrrole nitrogens is 1. The summed E-state index contributed by atoms with van der Waals surface area (Å²) < 4.78 is 13.8. The van der Waals surface area contributed by atoms with E-state index in [9.17, 15) is 9.18 Å². The maximum Gasteiger partial charge on any atom is 0.257 e. The van der Waals surface area contributed by atoms with E-state index in [0.717, 1.165) is 24.2 Å². The summed E-state index contributed by atoms with van der Waals surface area (Å²) in [6.07, 6.45) is 1.60. The van der Waals surface area contributed by atoms with E-state index >= 15 is 0 Å². The number of aromatic amines is 1. The number of halogens is 1. The minimum atomic E-state index is -0.239. The van der Waals surface area contributed by atoms with E-state index in [4.69, 9.17) is 0 Å². The minimum Gasteiger partial charge on any atom is -0.380 e. The van der Waals surface area contributed by atoms with Gasteiger partial charge in [0.2, 0.25) is 0 Å². The fraction of sp³-hybridized carbons (Fsp3) is 0.474. The van der Waals surface area contributed by atoms with Gasteiger partial charge < -0.3 is 10.2 Å². The van der Waals surface area contributed by atoms with E-state index in [1.165, 1.54) is 6.07 Å². The highest BCUT2D eigenvalue weighted by Gasteiger charge is 2.28. The molecule has 1 saturated heterocycles. The number of carbonyl (C=O) groups excluding carboxylic acids is 1. The molecule has 1 aliphatic heterocycles. The van der Waals surface area contributed by atoms with Crippen molar-refractivity contribution < 1.29 is 9.18 Å². The summed E-state index contributed by atoms with van der Waals surface area (Å²) in [6, 6.07) is 6.88. The van der Waals surface area contributed by atoms with Crippen molar-refractivity contribution in [2.75, 3.05) is 18.4 Å². The zero-order valence-corrected chi connectivity index (χ0v) is 15.0. The lowest BCUT2D eigenvalue weighted by molar-refractivity contribution is 0.0716. The molecule has 1 fully saturated rings. The van der Waals surface area contributed by atoms with Crippen LogP contribution in [-0.2, 0) is 0 Å². The molecule has 2 aromatic rings. The standard InChI is InChI=1S/C19H25FN4O/c1-12(2)18-17(13(3)22-23-18)19(25)24-10-8-14(9-11-24)21-16-7-5-4-6-15(16)20/h4-7,12,14,21H,8-11H2,1-3H3,(H,22,23). The molecule has 2 N–H and O–H groups in total. The summed E-state index contributed by atoms with van der Waals surface area (Å²) in [5.74, 6) is 0.0000521. The molecule has 1 aliphatic rings. The molecule has 6 heteroatoms. The van der Waals surface area contributed by atoms with Crippen LogP contribution in [-0.4, -0.2) is 40.1 Å². The second-order valence-electron chi connectivity index (χ2n) is 6.95. The van der Waals surface area contributed by atoms with E-state index in [0.29, 0.717) is 24.3 Å². The number of likely N-dealkylation sites (tertiary alicyclic amines) is 1. The first-order chi connectivity index (χ1) is 12.0. The highest BCUT2D eigenvalue weighted by Crippen LogP contribution is 2.24. The molecule has 2 heterocycles. The molecular formula is C19H25FN4O. The van der Waals surface area contributed by atoms with Crippen LogP contribution in [0.25, 0.3) is 0 Å². The predicted molar refractivity (Wildman–Crippen MR) is 96.4 cm³/mol. The van der Waals surface area contributed by atoms with Gasteiger partial charge in [0.05, 0.1) is 16.9 Å². The van der Waals surface area contributed by atoms with Gasteiger partial charge in [-0.05, 0) is 37.8 Å². The molecule has 0 unspecified atom stereocenters. The number of amides is 1. The molecule has 1 aromatic heterocycles. The predicted octanol–water partition coefficient (Wildman–Crippen LogP) is 3.70. The second-order valence-corrected chi connectivity index (χ2v) is 6.95. The minimum absolute atomic E-state index is 0.0410. The van der Waals surface area contributed by atoms with E-state index in [1.807, 2.05) is 31.7 Å². The summed E-state index contributed by atoms with van der Waals surface area (Å²) in [4.78, 5) is 14.8. The highest BCUT2D eigenvalue weighted by molar-refractivity contribution is 5.96. The highest BCUT2D eigenvalue weighted by atomic mass is 19.1. The molecule has 0 atom stereocenters. The van der Waals surface area contributed by atoms with Gasteiger partial charge in [-0.15, -0.1) is 0 Å². The monoisotopic (exact) mass is 344 g/mol. The number of aromatic nitrogens is 2. The van der Waals surface area contributed by atoms with E-state index in [1.54, 1.807) is 12.1 Å². The van der Waals surface area contributed by atoms with Gasteiger partial charge in [-0.2, -0.15) is 5.10 Å². The lowest BCUT2D eigenvalue weighted by atomic mass is 10.00. The third-order valence-electron chi connectivity index (χ3n) is 4.75. The maximum atomic E-state index is 13.8. The lowest BCUT2D eigenvalue weighted by Crippen LogP contribution is -2.42. The molecule has 0 aliphatic carbocycles. The molecule has 0 saturated carbocycles. The summed E-state index contributed by atoms with van der Waals surface area (Å²) >= 11 is 0. The summed E-state index contributed by atoms with van der Waals surface area (Å²) in [5.41, 5.74) is 2.88. The fourth-order valence-electron chi connectivity index (χ4n) is 3.32. The van der Waals surface area contributed by atoms with Gasteiger partial charge in [0.15, 0.2) is 0 Å². The number of benzene rings is 1. The van der Waals surface area contributed by atoms with Crippen molar-refractivity contribution in [3.63, 3.8) is 0 Å². The Hall–Kier alpha value is -2.37. The van der Waals surface area contributed by atoms with Crippen LogP contribution in [0, 0.1) is 12.7 Å². The number of piperidine rings is 1. The van der Waals surface area contributed by atoms with Gasteiger partial charge in [0, 0.05) is 24.8 Å². The van der Waals surface area contributed by atoms with Crippen LogP contribution in [0.2, 0.25) is 0 Å². The molecule has 0 spiro atoms. The zero-order valence-electron chi connectivity index (χ0n) is 15.0. The van der Waals surface area contributed by atoms with E-state index in [2.05, 4.69) is 15.5 Å². The Bertz CT molecular complexity index is 748. The number of nitrogens with zero attached hydrogens (tertiary/aromatic N) is 2. The molecule has 0 bridgehead atoms. The third kappa shape index (κ3) is 3.67. The first-order valence-corrected chi connectivity index (χ1v) is 8.82. The van der Waals surface area contributed by atoms with Crippen molar-refractivity contribution in [3.8, 4) is 0 Å². The summed E-state index contributed by atoms with van der Waals surface area (Å²) in [6.45, 7) is 7.28. The SMILES string of the molecule is Cc1[nH]nc(C(C)C)c1C(=O)N1CCC(Nc2ccccc2F)CC1. The lowest BCUT2D eigenvalue weighted by Gasteiger charge is -2.33. The fourth-order valence-corrected chi connectivity index (χ4v) is 3.32. The quantitative estimate of drug-likeness (QED) is 0.889. The van der Waals surface area contributed by atoms with Crippen LogP contribution in [0.15, 0.2) is 24.3 Å². The van der Waals surface area contributed by atoms with Crippen LogP contribution in [0.1, 0.15) is 54.4 Å². The number of rotatable bonds is 4. The molecular weight excluding hydrogens is 319 g/mol. The number of para-hydroxylation sites is 1. The topological polar surface area (TPSA) is 61.0 Å². The first-order valence-electron chi connectivity index (χ1n) is 8.82. The summed E-state index contributed by atoms with van der Waals surface area (Å²) in [7, 11) is 0. The Morgan fingerprint density at radius 2 is 2.00 bits per heavy atom. The molecule has 5 nitrogen and oxygen atoms in total. The molecule has 1 amide bonds. The molecule has 25 heavy (non-hydrogen) atoms. The van der Waals surface area contributed by atoms with Crippen LogP contribution in [0.3, 0.4) is 0 Å². The average molecular weight is 344 g/mol. The van der Waals surface area contributed by atoms with Crippen molar-refractivity contribution in [1.82, 2.24) is 15.1 Å². The van der Waals surface area contributed by atoms with Crippen molar-refractivity contribution in [2.24, 2.45) is 0 Å². The Morgan fingerprint density at radius 3 is 2.64 bits per heavy atom. The van der Waals surface area contributed by atoms with Crippen molar-refractivity contribution in [3.05, 3.63) is 47.0 Å². The van der Waals surface area contributed by atoms with Crippen LogP contribution in [0.5, 0.6) is 0 Å². The number of hydrogen-bond acceptors (Lipinski definition) is 3. The van der Waals surface area contributed by atoms with Gasteiger partial charge in [0.25, 0.3) is 5.91 Å². The number of carbonyl (C=O) groups is 1. The normalized spacial score (nSPS) is 15.6. The summed E-state index contributed by atoms with van der Waals surface area (Å²) in [5, 5.41) is 10.5. The van der Waals surface area contributed by atoms with E-state index < -0.39 is 0 Å². The molecule has 1 aromatic carbocycles. The van der Waals surface area contributed by atoms with Crippen molar-refractivity contribution in [1.29, 1.82) is 0 Å². The van der Waals surface area contributed by atoms with Gasteiger partial charge in [-0.1, -0.05) is 26.0 Å². The van der Waals surface area contributed by atoms with Gasteiger partial charge in [-0.3, -0.25) is 9.89 Å². The zero-order chi connectivity index (χ0) is 18.0. The molecule has 0 radical (unpaired) electrons. The van der Waals surface area contributed by atoms with Crippen LogP contribution >= 0.6 is 0 Å². The largest absolute Gasteiger partial charge is 0.380 e. The van der Waals surface area contributed by atoms with Gasteiger partial charge in [-0.25, -0.2) is 4.39 Å². The van der Waals surface area contributed by atoms with Gasteiger partial charge >= 0.3 is 0 Å². The van der Waals surface area contributed by atoms with Crippen LogP contribution in [0.4, 0.5) is 10.1 Å². The Morgan fingerprint density at radius 1 is 1.32 bits per heavy atom. The van der Waals surface area contributed by atoms with E-state index in [-0.39, 0.29) is 23.7 Å².